The molecular formula is C7H10BrN3O. The highest BCUT2D eigenvalue weighted by atomic mass is 79.9. The van der Waals surface area contributed by atoms with Crippen molar-refractivity contribution in [1.29, 1.82) is 0 Å². The Bertz CT molecular complexity index is 239. The average Bonchev–Trinajstić information content (AvgIpc) is 2.09. The van der Waals surface area contributed by atoms with Crippen LogP contribution in [-0.2, 0) is 0 Å². The summed E-state index contributed by atoms with van der Waals surface area (Å²) in [4.78, 5) is 7.86. The van der Waals surface area contributed by atoms with E-state index in [1.807, 2.05) is 6.92 Å². The van der Waals surface area contributed by atoms with Gasteiger partial charge in [0.05, 0.1) is 4.47 Å². The molecule has 0 radical (unpaired) electrons. The first kappa shape index (κ1) is 9.41. The molecule has 0 spiro atoms. The first-order valence-electron chi connectivity index (χ1n) is 3.56. The van der Waals surface area contributed by atoms with Crippen molar-refractivity contribution in [2.75, 3.05) is 6.54 Å². The van der Waals surface area contributed by atoms with Gasteiger partial charge in [-0.2, -0.15) is 0 Å². The van der Waals surface area contributed by atoms with Crippen molar-refractivity contribution < 1.29 is 4.74 Å². The van der Waals surface area contributed by atoms with E-state index in [-0.39, 0.29) is 6.10 Å². The number of hydrogen-bond donors (Lipinski definition) is 1. The van der Waals surface area contributed by atoms with Crippen LogP contribution in [0.15, 0.2) is 16.9 Å². The third-order valence-corrected chi connectivity index (χ3v) is 1.64. The van der Waals surface area contributed by atoms with Crippen molar-refractivity contribution in [3.8, 4) is 6.01 Å². The van der Waals surface area contributed by atoms with Crippen molar-refractivity contribution in [1.82, 2.24) is 9.97 Å². The van der Waals surface area contributed by atoms with Gasteiger partial charge in [-0.1, -0.05) is 0 Å². The number of aromatic nitrogens is 2. The molecule has 0 aliphatic rings. The van der Waals surface area contributed by atoms with Gasteiger partial charge in [-0.3, -0.25) is 0 Å². The molecule has 5 heteroatoms. The lowest BCUT2D eigenvalue weighted by molar-refractivity contribution is 0.210. The molecule has 0 bridgehead atoms. The number of ether oxygens (including phenoxy) is 1. The smallest absolute Gasteiger partial charge is 0.316 e. The number of halogens is 1. The average molecular weight is 232 g/mol. The molecule has 1 heterocycles. The highest BCUT2D eigenvalue weighted by Crippen LogP contribution is 2.08. The lowest BCUT2D eigenvalue weighted by Gasteiger charge is -2.09. The van der Waals surface area contributed by atoms with Gasteiger partial charge in [0.2, 0.25) is 0 Å². The number of rotatable bonds is 3. The SMILES string of the molecule is CC(CN)Oc1ncc(Br)cn1. The second kappa shape index (κ2) is 4.37. The Morgan fingerprint density at radius 2 is 2.17 bits per heavy atom. The van der Waals surface area contributed by atoms with Gasteiger partial charge in [-0.05, 0) is 22.9 Å². The van der Waals surface area contributed by atoms with Crippen LogP contribution in [-0.4, -0.2) is 22.6 Å². The second-order valence-electron chi connectivity index (χ2n) is 2.35. The van der Waals surface area contributed by atoms with Crippen LogP contribution >= 0.6 is 15.9 Å². The number of nitrogens with two attached hydrogens (primary N) is 1. The normalized spacial score (nSPS) is 12.6. The van der Waals surface area contributed by atoms with E-state index in [4.69, 9.17) is 10.5 Å². The van der Waals surface area contributed by atoms with Crippen molar-refractivity contribution in [2.24, 2.45) is 5.73 Å². The van der Waals surface area contributed by atoms with E-state index >= 15 is 0 Å². The summed E-state index contributed by atoms with van der Waals surface area (Å²) < 4.78 is 6.08. The first-order valence-corrected chi connectivity index (χ1v) is 4.36. The summed E-state index contributed by atoms with van der Waals surface area (Å²) in [5, 5.41) is 0. The quantitative estimate of drug-likeness (QED) is 0.843. The monoisotopic (exact) mass is 231 g/mol. The van der Waals surface area contributed by atoms with Crippen LogP contribution in [0.2, 0.25) is 0 Å². The zero-order valence-corrected chi connectivity index (χ0v) is 8.28. The Labute approximate surface area is 79.3 Å². The Hall–Kier alpha value is -0.680. The summed E-state index contributed by atoms with van der Waals surface area (Å²) in [6, 6.07) is 0.358. The predicted molar refractivity (Wildman–Crippen MR) is 48.9 cm³/mol. The third-order valence-electron chi connectivity index (χ3n) is 1.24. The molecule has 0 amide bonds. The topological polar surface area (TPSA) is 61.0 Å². The molecule has 1 aromatic rings. The Balaban J connectivity index is 2.58. The molecule has 0 saturated carbocycles. The number of nitrogens with zero attached hydrogens (tertiary/aromatic N) is 2. The van der Waals surface area contributed by atoms with Gasteiger partial charge in [-0.15, -0.1) is 0 Å². The maximum absolute atomic E-state index is 5.36. The van der Waals surface area contributed by atoms with Crippen LogP contribution in [0.3, 0.4) is 0 Å². The van der Waals surface area contributed by atoms with Gasteiger partial charge in [-0.25, -0.2) is 9.97 Å². The minimum absolute atomic E-state index is 0.0498. The molecule has 1 atom stereocenters. The van der Waals surface area contributed by atoms with Crippen LogP contribution in [0, 0.1) is 0 Å². The molecule has 66 valence electrons. The molecule has 0 aromatic carbocycles. The van der Waals surface area contributed by atoms with E-state index in [0.29, 0.717) is 12.6 Å². The Morgan fingerprint density at radius 3 is 2.67 bits per heavy atom. The third kappa shape index (κ3) is 2.75. The van der Waals surface area contributed by atoms with Gasteiger partial charge in [0.25, 0.3) is 0 Å². The summed E-state index contributed by atoms with van der Waals surface area (Å²) in [6.07, 6.45) is 3.21. The molecule has 2 N–H and O–H groups in total. The first-order chi connectivity index (χ1) is 5.72. The van der Waals surface area contributed by atoms with Crippen molar-refractivity contribution in [2.45, 2.75) is 13.0 Å². The fourth-order valence-corrected chi connectivity index (χ4v) is 0.794. The molecule has 0 fully saturated rings. The largest absolute Gasteiger partial charge is 0.459 e. The highest BCUT2D eigenvalue weighted by Gasteiger charge is 2.02. The summed E-state index contributed by atoms with van der Waals surface area (Å²) in [6.45, 7) is 2.32. The van der Waals surface area contributed by atoms with Crippen LogP contribution in [0.4, 0.5) is 0 Å². The predicted octanol–water partition coefficient (Wildman–Crippen LogP) is 0.965. The van der Waals surface area contributed by atoms with E-state index in [9.17, 15) is 0 Å². The van der Waals surface area contributed by atoms with E-state index < -0.39 is 0 Å². The summed E-state index contributed by atoms with van der Waals surface area (Å²) >= 11 is 3.22. The Morgan fingerprint density at radius 1 is 1.58 bits per heavy atom. The van der Waals surface area contributed by atoms with E-state index in [1.54, 1.807) is 12.4 Å². The minimum atomic E-state index is -0.0498. The second-order valence-corrected chi connectivity index (χ2v) is 3.26. The van der Waals surface area contributed by atoms with Gasteiger partial charge in [0, 0.05) is 18.9 Å². The van der Waals surface area contributed by atoms with Gasteiger partial charge in [0.1, 0.15) is 6.10 Å². The molecule has 1 rings (SSSR count). The molecular weight excluding hydrogens is 222 g/mol. The highest BCUT2D eigenvalue weighted by molar-refractivity contribution is 9.10. The van der Waals surface area contributed by atoms with Crippen molar-refractivity contribution in [3.63, 3.8) is 0 Å². The fourth-order valence-electron chi connectivity index (χ4n) is 0.589. The molecule has 12 heavy (non-hydrogen) atoms. The molecule has 1 unspecified atom stereocenters. The lowest BCUT2D eigenvalue weighted by atomic mass is 10.4. The molecule has 0 aliphatic heterocycles. The van der Waals surface area contributed by atoms with Crippen LogP contribution in [0.1, 0.15) is 6.92 Å². The van der Waals surface area contributed by atoms with E-state index in [2.05, 4.69) is 25.9 Å². The summed E-state index contributed by atoms with van der Waals surface area (Å²) in [5.74, 6) is 0. The minimum Gasteiger partial charge on any atom is -0.459 e. The fraction of sp³-hybridized carbons (Fsp3) is 0.429. The van der Waals surface area contributed by atoms with Crippen molar-refractivity contribution in [3.05, 3.63) is 16.9 Å². The van der Waals surface area contributed by atoms with Gasteiger partial charge < -0.3 is 10.5 Å². The maximum Gasteiger partial charge on any atom is 0.316 e. The van der Waals surface area contributed by atoms with Gasteiger partial charge in [0.15, 0.2) is 0 Å². The lowest BCUT2D eigenvalue weighted by Crippen LogP contribution is -2.23. The molecule has 1 aromatic heterocycles. The summed E-state index contributed by atoms with van der Waals surface area (Å²) in [7, 11) is 0. The molecule has 0 saturated heterocycles. The molecule has 0 aliphatic carbocycles. The van der Waals surface area contributed by atoms with Gasteiger partial charge >= 0.3 is 6.01 Å². The zero-order valence-electron chi connectivity index (χ0n) is 6.70. The van der Waals surface area contributed by atoms with Crippen LogP contribution < -0.4 is 10.5 Å². The standard InChI is InChI=1S/C7H10BrN3O/c1-5(2-9)12-7-10-3-6(8)4-11-7/h3-5H,2,9H2,1H3. The van der Waals surface area contributed by atoms with E-state index in [1.165, 1.54) is 0 Å². The Kier molecular flexibility index (Phi) is 3.43. The van der Waals surface area contributed by atoms with Crippen LogP contribution in [0.5, 0.6) is 6.01 Å². The van der Waals surface area contributed by atoms with E-state index in [0.717, 1.165) is 4.47 Å². The van der Waals surface area contributed by atoms with Crippen molar-refractivity contribution >= 4 is 15.9 Å². The van der Waals surface area contributed by atoms with Crippen LogP contribution in [0.25, 0.3) is 0 Å². The maximum atomic E-state index is 5.36. The summed E-state index contributed by atoms with van der Waals surface area (Å²) in [5.41, 5.74) is 5.36. The number of hydrogen-bond acceptors (Lipinski definition) is 4. The molecule has 4 nitrogen and oxygen atoms in total. The zero-order chi connectivity index (χ0) is 8.97.